The molecule has 1 aromatic rings. The molecule has 0 fully saturated rings. The summed E-state index contributed by atoms with van der Waals surface area (Å²) in [7, 11) is 1.31. The van der Waals surface area contributed by atoms with Gasteiger partial charge in [-0.3, -0.25) is 4.90 Å². The van der Waals surface area contributed by atoms with E-state index in [9.17, 15) is 9.59 Å². The fraction of sp³-hybridized carbons (Fsp3) is 0.706. The van der Waals surface area contributed by atoms with Crippen molar-refractivity contribution in [3.05, 3.63) is 11.8 Å². The number of carbonyl (C=O) groups excluding carboxylic acids is 2. The molecule has 1 atom stereocenters. The van der Waals surface area contributed by atoms with Gasteiger partial charge in [-0.25, -0.2) is 14.3 Å². The summed E-state index contributed by atoms with van der Waals surface area (Å²) >= 11 is 0. The number of rotatable bonds is 1. The van der Waals surface area contributed by atoms with Crippen LogP contribution in [0.15, 0.2) is 6.07 Å². The summed E-state index contributed by atoms with van der Waals surface area (Å²) in [6.07, 6.45) is 0.381. The molecule has 0 N–H and O–H groups in total. The minimum atomic E-state index is -0.599. The van der Waals surface area contributed by atoms with Gasteiger partial charge < -0.3 is 9.47 Å². The molecule has 1 amide bonds. The second kappa shape index (κ2) is 6.11. The Morgan fingerprint density at radius 2 is 1.96 bits per heavy atom. The number of amides is 1. The predicted octanol–water partition coefficient (Wildman–Crippen LogP) is 3.19. The van der Waals surface area contributed by atoms with Crippen molar-refractivity contribution in [2.24, 2.45) is 5.92 Å². The van der Waals surface area contributed by atoms with Crippen LogP contribution in [0.25, 0.3) is 0 Å². The predicted molar refractivity (Wildman–Crippen MR) is 90.2 cm³/mol. The molecule has 0 spiro atoms. The Labute approximate surface area is 142 Å². The van der Waals surface area contributed by atoms with E-state index in [0.29, 0.717) is 12.4 Å². The lowest BCUT2D eigenvalue weighted by Gasteiger charge is -2.28. The molecule has 1 unspecified atom stereocenters. The molecular formula is C17H27N3O4. The Morgan fingerprint density at radius 3 is 2.50 bits per heavy atom. The first-order chi connectivity index (χ1) is 10.9. The lowest BCUT2D eigenvalue weighted by atomic mass is 9.92. The van der Waals surface area contributed by atoms with Crippen molar-refractivity contribution in [2.45, 2.75) is 59.1 Å². The number of methoxy groups -OCH3 is 1. The van der Waals surface area contributed by atoms with E-state index in [-0.39, 0.29) is 17.2 Å². The number of fused-ring (bicyclic) bond motifs is 1. The van der Waals surface area contributed by atoms with E-state index in [1.54, 1.807) is 15.6 Å². The smallest absolute Gasteiger partial charge is 0.416 e. The van der Waals surface area contributed by atoms with Gasteiger partial charge in [0, 0.05) is 12.6 Å². The molecule has 0 bridgehead atoms. The number of anilines is 1. The Bertz CT molecular complexity index is 643. The van der Waals surface area contributed by atoms with Crippen LogP contribution in [0.3, 0.4) is 0 Å². The van der Waals surface area contributed by atoms with Crippen LogP contribution in [0, 0.1) is 5.92 Å². The highest BCUT2D eigenvalue weighted by Crippen LogP contribution is 2.35. The fourth-order valence-corrected chi connectivity index (χ4v) is 3.11. The minimum absolute atomic E-state index is 0.184. The summed E-state index contributed by atoms with van der Waals surface area (Å²) in [6.45, 7) is 12.2. The van der Waals surface area contributed by atoms with Crippen molar-refractivity contribution in [1.82, 2.24) is 9.78 Å². The maximum Gasteiger partial charge on any atom is 0.416 e. The monoisotopic (exact) mass is 337 g/mol. The highest BCUT2D eigenvalue weighted by atomic mass is 16.6. The van der Waals surface area contributed by atoms with Crippen LogP contribution in [-0.4, -0.2) is 41.1 Å². The number of esters is 1. The first kappa shape index (κ1) is 18.3. The minimum Gasteiger partial charge on any atom is -0.464 e. The van der Waals surface area contributed by atoms with Crippen LogP contribution in [0.1, 0.15) is 58.5 Å². The molecule has 1 aromatic heterocycles. The lowest BCUT2D eigenvalue weighted by molar-refractivity contribution is 0.0569. The van der Waals surface area contributed by atoms with E-state index in [0.717, 1.165) is 6.42 Å². The van der Waals surface area contributed by atoms with Crippen molar-refractivity contribution in [2.75, 3.05) is 18.6 Å². The topological polar surface area (TPSA) is 73.7 Å². The van der Waals surface area contributed by atoms with Gasteiger partial charge in [0.2, 0.25) is 0 Å². The molecule has 24 heavy (non-hydrogen) atoms. The van der Waals surface area contributed by atoms with Crippen molar-refractivity contribution in [1.29, 1.82) is 0 Å². The van der Waals surface area contributed by atoms with Crippen LogP contribution in [0.4, 0.5) is 10.6 Å². The van der Waals surface area contributed by atoms with Crippen LogP contribution in [-0.2, 0) is 15.0 Å². The molecular weight excluding hydrogens is 310 g/mol. The van der Waals surface area contributed by atoms with Gasteiger partial charge >= 0.3 is 12.1 Å². The molecule has 7 nitrogen and oxygen atoms in total. The first-order valence-corrected chi connectivity index (χ1v) is 8.14. The standard InChI is InChI=1S/C17H27N3O4/c1-11-9-17(5,6)20-13(8-12(18-20)14(21)23-7)19(10-11)15(22)24-16(2,3)4/h8,11H,9-10H2,1-7H3. The summed E-state index contributed by atoms with van der Waals surface area (Å²) in [6, 6.07) is 1.59. The molecule has 1 aliphatic rings. The SMILES string of the molecule is COC(=O)c1cc2n(n1)C(C)(C)CC(C)CN2C(=O)OC(C)(C)C. The summed E-state index contributed by atoms with van der Waals surface area (Å²) in [5.74, 6) is 0.290. The largest absolute Gasteiger partial charge is 0.464 e. The zero-order chi connectivity index (χ0) is 18.3. The molecule has 0 radical (unpaired) electrons. The summed E-state index contributed by atoms with van der Waals surface area (Å²) in [4.78, 5) is 26.1. The number of carbonyl (C=O) groups is 2. The Kier molecular flexibility index (Phi) is 4.65. The van der Waals surface area contributed by atoms with E-state index in [2.05, 4.69) is 12.0 Å². The third-order valence-corrected chi connectivity index (χ3v) is 3.89. The normalized spacial score (nSPS) is 20.1. The van der Waals surface area contributed by atoms with Gasteiger partial charge in [0.25, 0.3) is 0 Å². The summed E-state index contributed by atoms with van der Waals surface area (Å²) < 4.78 is 12.0. The van der Waals surface area contributed by atoms with Crippen molar-refractivity contribution >= 4 is 17.9 Å². The van der Waals surface area contributed by atoms with E-state index in [1.165, 1.54) is 7.11 Å². The van der Waals surface area contributed by atoms with Crippen LogP contribution >= 0.6 is 0 Å². The molecule has 0 saturated heterocycles. The van der Waals surface area contributed by atoms with Crippen molar-refractivity contribution in [3.8, 4) is 0 Å². The zero-order valence-corrected chi connectivity index (χ0v) is 15.5. The fourth-order valence-electron chi connectivity index (χ4n) is 3.11. The molecule has 2 rings (SSSR count). The van der Waals surface area contributed by atoms with Gasteiger partial charge in [-0.15, -0.1) is 0 Å². The Morgan fingerprint density at radius 1 is 1.33 bits per heavy atom. The maximum absolute atomic E-state index is 12.7. The van der Waals surface area contributed by atoms with Gasteiger partial charge in [-0.2, -0.15) is 5.10 Å². The summed E-state index contributed by atoms with van der Waals surface area (Å²) in [5, 5.41) is 4.39. The van der Waals surface area contributed by atoms with Crippen molar-refractivity contribution in [3.63, 3.8) is 0 Å². The van der Waals surface area contributed by atoms with Gasteiger partial charge in [0.1, 0.15) is 11.4 Å². The first-order valence-electron chi connectivity index (χ1n) is 8.14. The Hall–Kier alpha value is -2.05. The number of nitrogens with zero attached hydrogens (tertiary/aromatic N) is 3. The van der Waals surface area contributed by atoms with Gasteiger partial charge in [0.15, 0.2) is 5.69 Å². The van der Waals surface area contributed by atoms with E-state index < -0.39 is 17.7 Å². The van der Waals surface area contributed by atoms with Crippen LogP contribution in [0.5, 0.6) is 0 Å². The second-order valence-electron chi connectivity index (χ2n) is 8.00. The van der Waals surface area contributed by atoms with Crippen LogP contribution in [0.2, 0.25) is 0 Å². The number of ether oxygens (including phenoxy) is 2. The molecule has 0 aromatic carbocycles. The lowest BCUT2D eigenvalue weighted by Crippen LogP contribution is -2.39. The van der Waals surface area contributed by atoms with E-state index >= 15 is 0 Å². The number of aromatic nitrogens is 2. The van der Waals surface area contributed by atoms with Crippen LogP contribution < -0.4 is 4.90 Å². The molecule has 2 heterocycles. The maximum atomic E-state index is 12.7. The molecule has 0 saturated carbocycles. The molecule has 1 aliphatic heterocycles. The van der Waals surface area contributed by atoms with E-state index in [4.69, 9.17) is 9.47 Å². The van der Waals surface area contributed by atoms with Gasteiger partial charge in [-0.1, -0.05) is 6.92 Å². The number of hydrogen-bond acceptors (Lipinski definition) is 5. The molecule has 7 heteroatoms. The van der Waals surface area contributed by atoms with Gasteiger partial charge in [0.05, 0.1) is 12.6 Å². The van der Waals surface area contributed by atoms with Crippen molar-refractivity contribution < 1.29 is 19.1 Å². The molecule has 0 aliphatic carbocycles. The quantitative estimate of drug-likeness (QED) is 0.736. The third kappa shape index (κ3) is 3.71. The molecule has 134 valence electrons. The van der Waals surface area contributed by atoms with Gasteiger partial charge in [-0.05, 0) is 47.0 Å². The highest BCUT2D eigenvalue weighted by Gasteiger charge is 2.38. The average molecular weight is 337 g/mol. The zero-order valence-electron chi connectivity index (χ0n) is 15.5. The Balaban J connectivity index is 2.50. The third-order valence-electron chi connectivity index (χ3n) is 3.89. The average Bonchev–Trinajstić information content (AvgIpc) is 2.83. The highest BCUT2D eigenvalue weighted by molar-refractivity contribution is 5.92. The van der Waals surface area contributed by atoms with E-state index in [1.807, 2.05) is 34.6 Å². The summed E-state index contributed by atoms with van der Waals surface area (Å²) in [5.41, 5.74) is -0.751. The number of hydrogen-bond donors (Lipinski definition) is 0. The second-order valence-corrected chi connectivity index (χ2v) is 8.00.